The van der Waals surface area contributed by atoms with Crippen LogP contribution in [0.4, 0.5) is 5.69 Å². The molecule has 21 heavy (non-hydrogen) atoms. The first-order valence-electron chi connectivity index (χ1n) is 7.12. The van der Waals surface area contributed by atoms with Crippen LogP contribution >= 0.6 is 23.2 Å². The van der Waals surface area contributed by atoms with Gasteiger partial charge in [0.05, 0.1) is 22.3 Å². The summed E-state index contributed by atoms with van der Waals surface area (Å²) in [6, 6.07) is 4.11. The van der Waals surface area contributed by atoms with E-state index in [1.54, 1.807) is 6.07 Å². The molecule has 0 aliphatic carbocycles. The molecular formula is C15H21Cl2N3O. The Morgan fingerprint density at radius 1 is 1.48 bits per heavy atom. The van der Waals surface area contributed by atoms with Crippen LogP contribution in [0.5, 0.6) is 0 Å². The molecule has 1 aromatic rings. The minimum atomic E-state index is -0.105. The van der Waals surface area contributed by atoms with Crippen molar-refractivity contribution in [1.29, 1.82) is 0 Å². The number of carbonyl (C=O) groups is 1. The molecule has 116 valence electrons. The van der Waals surface area contributed by atoms with Gasteiger partial charge in [-0.1, -0.05) is 29.3 Å². The van der Waals surface area contributed by atoms with Crippen molar-refractivity contribution in [2.75, 3.05) is 18.4 Å². The molecule has 6 heteroatoms. The van der Waals surface area contributed by atoms with Crippen molar-refractivity contribution in [3.63, 3.8) is 0 Å². The van der Waals surface area contributed by atoms with Crippen LogP contribution in [-0.4, -0.2) is 36.0 Å². The highest BCUT2D eigenvalue weighted by Crippen LogP contribution is 2.32. The van der Waals surface area contributed by atoms with Crippen molar-refractivity contribution in [3.8, 4) is 0 Å². The quantitative estimate of drug-likeness (QED) is 0.896. The lowest BCUT2D eigenvalue weighted by molar-refractivity contribution is -0.118. The van der Waals surface area contributed by atoms with Crippen molar-refractivity contribution in [2.45, 2.75) is 38.8 Å². The number of nitrogens with zero attached hydrogens (tertiary/aromatic N) is 1. The number of hydrogen-bond acceptors (Lipinski definition) is 3. The summed E-state index contributed by atoms with van der Waals surface area (Å²) in [4.78, 5) is 14.4. The van der Waals surface area contributed by atoms with Crippen LogP contribution in [0.3, 0.4) is 0 Å². The summed E-state index contributed by atoms with van der Waals surface area (Å²) in [6.45, 7) is 5.14. The van der Waals surface area contributed by atoms with Gasteiger partial charge < -0.3 is 11.1 Å². The maximum Gasteiger partial charge on any atom is 0.238 e. The standard InChI is InChI=1S/C15H21Cl2N3O/c1-9-3-4-12(16)15(14(9)17)19-13(21)8-20-6-5-11(18)7-10(20)2/h3-4,10-11H,5-8,18H2,1-2H3,(H,19,21). The van der Waals surface area contributed by atoms with Crippen LogP contribution in [0, 0.1) is 6.92 Å². The van der Waals surface area contributed by atoms with E-state index in [0.29, 0.717) is 28.3 Å². The molecule has 0 saturated carbocycles. The molecule has 1 fully saturated rings. The monoisotopic (exact) mass is 329 g/mol. The number of carbonyl (C=O) groups excluding carboxylic acids is 1. The fourth-order valence-corrected chi connectivity index (χ4v) is 3.09. The summed E-state index contributed by atoms with van der Waals surface area (Å²) in [6.07, 6.45) is 1.84. The molecule has 1 heterocycles. The van der Waals surface area contributed by atoms with Gasteiger partial charge in [-0.3, -0.25) is 9.69 Å². The zero-order valence-corrected chi connectivity index (χ0v) is 13.8. The summed E-state index contributed by atoms with van der Waals surface area (Å²) < 4.78 is 0. The van der Waals surface area contributed by atoms with Crippen LogP contribution in [-0.2, 0) is 4.79 Å². The summed E-state index contributed by atoms with van der Waals surface area (Å²) >= 11 is 12.3. The van der Waals surface area contributed by atoms with E-state index >= 15 is 0 Å². The maximum atomic E-state index is 12.2. The van der Waals surface area contributed by atoms with Crippen molar-refractivity contribution >= 4 is 34.8 Å². The number of likely N-dealkylation sites (tertiary alicyclic amines) is 1. The first kappa shape index (κ1) is 16.6. The van der Waals surface area contributed by atoms with Gasteiger partial charge in [-0.25, -0.2) is 0 Å². The number of anilines is 1. The largest absolute Gasteiger partial charge is 0.328 e. The Bertz CT molecular complexity index is 536. The van der Waals surface area contributed by atoms with Gasteiger partial charge >= 0.3 is 0 Å². The van der Waals surface area contributed by atoms with Crippen LogP contribution in [0.15, 0.2) is 12.1 Å². The van der Waals surface area contributed by atoms with E-state index in [1.807, 2.05) is 13.0 Å². The fourth-order valence-electron chi connectivity index (χ4n) is 2.63. The maximum absolute atomic E-state index is 12.2. The van der Waals surface area contributed by atoms with Gasteiger partial charge in [-0.05, 0) is 38.3 Å². The third-order valence-electron chi connectivity index (χ3n) is 3.95. The Labute approximate surface area is 135 Å². The Morgan fingerprint density at radius 2 is 2.19 bits per heavy atom. The normalized spacial score (nSPS) is 23.1. The number of nitrogens with two attached hydrogens (primary N) is 1. The molecule has 0 aromatic heterocycles. The highest BCUT2D eigenvalue weighted by atomic mass is 35.5. The Hall–Kier alpha value is -0.810. The lowest BCUT2D eigenvalue weighted by atomic mass is 9.99. The average Bonchev–Trinajstić information content (AvgIpc) is 2.42. The molecule has 0 radical (unpaired) electrons. The Balaban J connectivity index is 2.01. The van der Waals surface area contributed by atoms with Crippen molar-refractivity contribution < 1.29 is 4.79 Å². The molecule has 0 bridgehead atoms. The number of nitrogens with one attached hydrogen (secondary N) is 1. The molecular weight excluding hydrogens is 309 g/mol. The topological polar surface area (TPSA) is 58.4 Å². The number of rotatable bonds is 3. The SMILES string of the molecule is Cc1ccc(Cl)c(NC(=O)CN2CCC(N)CC2C)c1Cl. The minimum Gasteiger partial charge on any atom is -0.328 e. The van der Waals surface area contributed by atoms with Crippen LogP contribution in [0.2, 0.25) is 10.0 Å². The number of aryl methyl sites for hydroxylation is 1. The molecule has 1 saturated heterocycles. The van der Waals surface area contributed by atoms with E-state index in [2.05, 4.69) is 17.1 Å². The predicted molar refractivity (Wildman–Crippen MR) is 88.1 cm³/mol. The van der Waals surface area contributed by atoms with Gasteiger partial charge in [0.25, 0.3) is 0 Å². The van der Waals surface area contributed by atoms with Gasteiger partial charge in [0.1, 0.15) is 0 Å². The van der Waals surface area contributed by atoms with Crippen LogP contribution in [0.25, 0.3) is 0 Å². The average molecular weight is 330 g/mol. The summed E-state index contributed by atoms with van der Waals surface area (Å²) in [5, 5.41) is 3.76. The summed E-state index contributed by atoms with van der Waals surface area (Å²) in [7, 11) is 0. The van der Waals surface area contributed by atoms with E-state index in [0.717, 1.165) is 24.9 Å². The number of benzene rings is 1. The zero-order chi connectivity index (χ0) is 15.6. The van der Waals surface area contributed by atoms with Crippen LogP contribution < -0.4 is 11.1 Å². The highest BCUT2D eigenvalue weighted by molar-refractivity contribution is 6.40. The molecule has 4 nitrogen and oxygen atoms in total. The number of halogens is 2. The Morgan fingerprint density at radius 3 is 2.86 bits per heavy atom. The van der Waals surface area contributed by atoms with E-state index < -0.39 is 0 Å². The van der Waals surface area contributed by atoms with Crippen molar-refractivity contribution in [3.05, 3.63) is 27.7 Å². The molecule has 1 aliphatic heterocycles. The molecule has 2 unspecified atom stereocenters. The first-order valence-corrected chi connectivity index (χ1v) is 7.88. The third-order valence-corrected chi connectivity index (χ3v) is 4.75. The minimum absolute atomic E-state index is 0.105. The smallest absolute Gasteiger partial charge is 0.238 e. The van der Waals surface area contributed by atoms with Crippen molar-refractivity contribution in [2.24, 2.45) is 5.73 Å². The second-order valence-corrected chi connectivity index (χ2v) is 6.49. The van der Waals surface area contributed by atoms with Gasteiger partial charge in [0.15, 0.2) is 0 Å². The molecule has 2 rings (SSSR count). The lowest BCUT2D eigenvalue weighted by Gasteiger charge is -2.35. The highest BCUT2D eigenvalue weighted by Gasteiger charge is 2.25. The third kappa shape index (κ3) is 4.10. The Kier molecular flexibility index (Phi) is 5.49. The van der Waals surface area contributed by atoms with E-state index in [4.69, 9.17) is 28.9 Å². The van der Waals surface area contributed by atoms with E-state index in [1.165, 1.54) is 0 Å². The number of amides is 1. The first-order chi connectivity index (χ1) is 9.88. The van der Waals surface area contributed by atoms with Gasteiger partial charge in [-0.2, -0.15) is 0 Å². The predicted octanol–water partition coefficient (Wildman–Crippen LogP) is 3.05. The molecule has 1 aliphatic rings. The van der Waals surface area contributed by atoms with Gasteiger partial charge in [-0.15, -0.1) is 0 Å². The zero-order valence-electron chi connectivity index (χ0n) is 12.3. The number of hydrogen-bond donors (Lipinski definition) is 2. The molecule has 2 atom stereocenters. The number of piperidine rings is 1. The summed E-state index contributed by atoms with van der Waals surface area (Å²) in [5.74, 6) is -0.105. The summed E-state index contributed by atoms with van der Waals surface area (Å²) in [5.41, 5.74) is 7.31. The van der Waals surface area contributed by atoms with Gasteiger partial charge in [0, 0.05) is 18.6 Å². The van der Waals surface area contributed by atoms with Crippen LogP contribution in [0.1, 0.15) is 25.3 Å². The second kappa shape index (κ2) is 6.97. The molecule has 3 N–H and O–H groups in total. The lowest BCUT2D eigenvalue weighted by Crippen LogP contribution is -2.48. The van der Waals surface area contributed by atoms with E-state index in [9.17, 15) is 4.79 Å². The van der Waals surface area contributed by atoms with Crippen molar-refractivity contribution in [1.82, 2.24) is 4.90 Å². The molecule has 0 spiro atoms. The second-order valence-electron chi connectivity index (χ2n) is 5.71. The van der Waals surface area contributed by atoms with E-state index in [-0.39, 0.29) is 11.9 Å². The molecule has 1 aromatic carbocycles. The molecule has 1 amide bonds. The fraction of sp³-hybridized carbons (Fsp3) is 0.533. The van der Waals surface area contributed by atoms with Gasteiger partial charge in [0.2, 0.25) is 5.91 Å².